The van der Waals surface area contributed by atoms with Crippen molar-refractivity contribution >= 4 is 33.4 Å². The number of carbonyl (C=O) groups is 2. The minimum Gasteiger partial charge on any atom is -0.268 e. The first kappa shape index (κ1) is 13.0. The van der Waals surface area contributed by atoms with E-state index in [2.05, 4.69) is 20.9 Å². The number of hydrogen-bond donors (Lipinski definition) is 0. The zero-order chi connectivity index (χ0) is 14.4. The number of carbonyl (C=O) groups excluding carboxylic acids is 2. The lowest BCUT2D eigenvalue weighted by molar-refractivity contribution is 0.0924. The molecule has 0 fully saturated rings. The Balaban J connectivity index is 2.19. The molecule has 100 valence electrons. The van der Waals surface area contributed by atoms with Gasteiger partial charge in [-0.3, -0.25) is 14.6 Å². The predicted molar refractivity (Wildman–Crippen MR) is 79.0 cm³/mol. The fourth-order valence-electron chi connectivity index (χ4n) is 2.46. The van der Waals surface area contributed by atoms with Crippen molar-refractivity contribution in [3.63, 3.8) is 0 Å². The van der Waals surface area contributed by atoms with Crippen LogP contribution >= 0.6 is 15.9 Å². The van der Waals surface area contributed by atoms with Gasteiger partial charge in [-0.2, -0.15) is 0 Å². The molecule has 2 amide bonds. The molecular weight excluding hydrogens is 320 g/mol. The molecule has 0 N–H and O–H groups in total. The standard InChI is InChI=1S/C15H11BrN2O2/c1-8-6-9(2)13(11(16)7-8)18-14(19)10-4-3-5-17-12(10)15(18)20/h3-7H,1-2H3. The number of rotatable bonds is 1. The third-order valence-corrected chi connectivity index (χ3v) is 3.87. The van der Waals surface area contributed by atoms with Gasteiger partial charge in [0, 0.05) is 10.7 Å². The number of pyridine rings is 1. The summed E-state index contributed by atoms with van der Waals surface area (Å²) in [4.78, 5) is 30.1. The molecule has 0 unspecified atom stereocenters. The number of benzene rings is 1. The Morgan fingerprint density at radius 1 is 1.15 bits per heavy atom. The average Bonchev–Trinajstić information content (AvgIpc) is 2.64. The van der Waals surface area contributed by atoms with Crippen LogP contribution in [0, 0.1) is 13.8 Å². The molecule has 1 aromatic heterocycles. The maximum Gasteiger partial charge on any atom is 0.284 e. The summed E-state index contributed by atoms with van der Waals surface area (Å²) in [5.74, 6) is -0.705. The van der Waals surface area contributed by atoms with Crippen LogP contribution in [-0.4, -0.2) is 16.8 Å². The van der Waals surface area contributed by atoms with E-state index >= 15 is 0 Å². The van der Waals surface area contributed by atoms with Crippen molar-refractivity contribution in [2.45, 2.75) is 13.8 Å². The van der Waals surface area contributed by atoms with E-state index in [1.54, 1.807) is 12.1 Å². The molecule has 20 heavy (non-hydrogen) atoms. The molecule has 0 spiro atoms. The van der Waals surface area contributed by atoms with Crippen LogP contribution in [0.25, 0.3) is 0 Å². The second kappa shape index (κ2) is 4.52. The molecule has 0 radical (unpaired) electrons. The van der Waals surface area contributed by atoms with Crippen molar-refractivity contribution in [2.24, 2.45) is 0 Å². The minimum absolute atomic E-state index is 0.212. The highest BCUT2D eigenvalue weighted by Gasteiger charge is 2.39. The van der Waals surface area contributed by atoms with Gasteiger partial charge in [-0.15, -0.1) is 0 Å². The highest BCUT2D eigenvalue weighted by Crippen LogP contribution is 2.36. The molecule has 1 aromatic carbocycles. The van der Waals surface area contributed by atoms with Gasteiger partial charge in [0.15, 0.2) is 0 Å². The second-order valence-corrected chi connectivity index (χ2v) is 5.61. The summed E-state index contributed by atoms with van der Waals surface area (Å²) in [6, 6.07) is 7.11. The van der Waals surface area contributed by atoms with E-state index in [1.807, 2.05) is 26.0 Å². The molecule has 3 rings (SSSR count). The lowest BCUT2D eigenvalue weighted by Gasteiger charge is -2.18. The molecule has 5 heteroatoms. The lowest BCUT2D eigenvalue weighted by atomic mass is 10.1. The van der Waals surface area contributed by atoms with Crippen LogP contribution in [0.2, 0.25) is 0 Å². The Kier molecular flexibility index (Phi) is 2.94. The van der Waals surface area contributed by atoms with Crippen LogP contribution in [0.1, 0.15) is 32.0 Å². The summed E-state index contributed by atoms with van der Waals surface area (Å²) in [7, 11) is 0. The Labute approximate surface area is 124 Å². The van der Waals surface area contributed by atoms with Gasteiger partial charge in [0.25, 0.3) is 11.8 Å². The molecule has 1 aliphatic heterocycles. The number of aromatic nitrogens is 1. The minimum atomic E-state index is -0.377. The van der Waals surface area contributed by atoms with Gasteiger partial charge in [0.1, 0.15) is 5.69 Å². The number of halogens is 1. The summed E-state index contributed by atoms with van der Waals surface area (Å²) < 4.78 is 0.726. The third-order valence-electron chi connectivity index (χ3n) is 3.27. The summed E-state index contributed by atoms with van der Waals surface area (Å²) in [6.07, 6.45) is 1.52. The van der Waals surface area contributed by atoms with Crippen molar-refractivity contribution in [1.82, 2.24) is 4.98 Å². The van der Waals surface area contributed by atoms with Crippen molar-refractivity contribution in [2.75, 3.05) is 4.90 Å². The van der Waals surface area contributed by atoms with E-state index in [9.17, 15) is 9.59 Å². The van der Waals surface area contributed by atoms with E-state index in [0.717, 1.165) is 15.6 Å². The molecule has 0 atom stereocenters. The molecule has 4 nitrogen and oxygen atoms in total. The van der Waals surface area contributed by atoms with E-state index in [4.69, 9.17) is 0 Å². The van der Waals surface area contributed by atoms with Gasteiger partial charge in [-0.25, -0.2) is 4.90 Å². The SMILES string of the molecule is Cc1cc(C)c(N2C(=O)c3cccnc3C2=O)c(Br)c1. The predicted octanol–water partition coefficient (Wildman–Crippen LogP) is 3.26. The smallest absolute Gasteiger partial charge is 0.268 e. The third kappa shape index (κ3) is 1.78. The molecule has 0 bridgehead atoms. The number of amides is 2. The number of anilines is 1. The van der Waals surface area contributed by atoms with Gasteiger partial charge in [0.05, 0.1) is 11.3 Å². The zero-order valence-corrected chi connectivity index (χ0v) is 12.6. The summed E-state index contributed by atoms with van der Waals surface area (Å²) in [5, 5.41) is 0. The van der Waals surface area contributed by atoms with Crippen LogP contribution < -0.4 is 4.90 Å². The first-order chi connectivity index (χ1) is 9.50. The normalized spacial score (nSPS) is 13.8. The number of fused-ring (bicyclic) bond motifs is 1. The number of hydrogen-bond acceptors (Lipinski definition) is 3. The Morgan fingerprint density at radius 3 is 2.55 bits per heavy atom. The number of imide groups is 1. The van der Waals surface area contributed by atoms with Gasteiger partial charge >= 0.3 is 0 Å². The number of nitrogens with zero attached hydrogens (tertiary/aromatic N) is 2. The van der Waals surface area contributed by atoms with Crippen molar-refractivity contribution < 1.29 is 9.59 Å². The Hall–Kier alpha value is -2.01. The fraction of sp³-hybridized carbons (Fsp3) is 0.133. The molecule has 1 aliphatic rings. The van der Waals surface area contributed by atoms with Crippen LogP contribution in [0.5, 0.6) is 0 Å². The van der Waals surface area contributed by atoms with E-state index < -0.39 is 0 Å². The summed E-state index contributed by atoms with van der Waals surface area (Å²) >= 11 is 3.44. The number of aryl methyl sites for hydroxylation is 2. The lowest BCUT2D eigenvalue weighted by Crippen LogP contribution is -2.30. The van der Waals surface area contributed by atoms with Crippen molar-refractivity contribution in [3.05, 3.63) is 57.3 Å². The quantitative estimate of drug-likeness (QED) is 0.754. The van der Waals surface area contributed by atoms with Crippen LogP contribution in [-0.2, 0) is 0 Å². The van der Waals surface area contributed by atoms with Gasteiger partial charge in [0.2, 0.25) is 0 Å². The highest BCUT2D eigenvalue weighted by atomic mass is 79.9. The maximum absolute atomic E-state index is 12.4. The maximum atomic E-state index is 12.4. The zero-order valence-electron chi connectivity index (χ0n) is 11.0. The topological polar surface area (TPSA) is 50.3 Å². The molecule has 2 heterocycles. The highest BCUT2D eigenvalue weighted by molar-refractivity contribution is 9.10. The van der Waals surface area contributed by atoms with Crippen LogP contribution in [0.4, 0.5) is 5.69 Å². The Morgan fingerprint density at radius 2 is 1.90 bits per heavy atom. The Bertz CT molecular complexity index is 697. The van der Waals surface area contributed by atoms with Crippen LogP contribution in [0.3, 0.4) is 0 Å². The molecule has 0 aliphatic carbocycles. The van der Waals surface area contributed by atoms with Crippen LogP contribution in [0.15, 0.2) is 34.9 Å². The molecule has 2 aromatic rings. The van der Waals surface area contributed by atoms with Gasteiger partial charge in [-0.1, -0.05) is 6.07 Å². The van der Waals surface area contributed by atoms with Crippen molar-refractivity contribution in [1.29, 1.82) is 0 Å². The first-order valence-electron chi connectivity index (χ1n) is 6.11. The largest absolute Gasteiger partial charge is 0.284 e. The molecule has 0 saturated carbocycles. The monoisotopic (exact) mass is 330 g/mol. The van der Waals surface area contributed by atoms with Crippen molar-refractivity contribution in [3.8, 4) is 0 Å². The summed E-state index contributed by atoms with van der Waals surface area (Å²) in [5.41, 5.74) is 3.08. The fourth-order valence-corrected chi connectivity index (χ4v) is 3.31. The molecule has 0 saturated heterocycles. The van der Waals surface area contributed by atoms with E-state index in [0.29, 0.717) is 11.3 Å². The summed E-state index contributed by atoms with van der Waals surface area (Å²) in [6.45, 7) is 3.84. The van der Waals surface area contributed by atoms with E-state index in [-0.39, 0.29) is 17.5 Å². The van der Waals surface area contributed by atoms with Gasteiger partial charge in [-0.05, 0) is 59.1 Å². The average molecular weight is 331 g/mol. The van der Waals surface area contributed by atoms with E-state index in [1.165, 1.54) is 11.1 Å². The van der Waals surface area contributed by atoms with Gasteiger partial charge < -0.3 is 0 Å². The molecular formula is C15H11BrN2O2. The first-order valence-corrected chi connectivity index (χ1v) is 6.90. The second-order valence-electron chi connectivity index (χ2n) is 4.76.